The van der Waals surface area contributed by atoms with E-state index in [9.17, 15) is 13.2 Å². The van der Waals surface area contributed by atoms with Crippen molar-refractivity contribution in [2.24, 2.45) is 5.41 Å². The Morgan fingerprint density at radius 3 is 2.28 bits per heavy atom. The van der Waals surface area contributed by atoms with E-state index < -0.39 is 22.0 Å². The van der Waals surface area contributed by atoms with E-state index in [1.807, 2.05) is 62.4 Å². The third kappa shape index (κ3) is 8.81. The minimum absolute atomic E-state index is 0.0252. The van der Waals surface area contributed by atoms with E-state index in [1.54, 1.807) is 35.5 Å². The average molecular weight is 737 g/mol. The fourth-order valence-corrected chi connectivity index (χ4v) is 7.61. The van der Waals surface area contributed by atoms with Crippen LogP contribution in [0.2, 0.25) is 0 Å². The highest BCUT2D eigenvalue weighted by atomic mass is 32.2. The molecular weight excluding hydrogens is 693 g/mol. The summed E-state index contributed by atoms with van der Waals surface area (Å²) >= 11 is 0. The van der Waals surface area contributed by atoms with Gasteiger partial charge in [0, 0.05) is 24.3 Å². The lowest BCUT2D eigenvalue weighted by atomic mass is 9.87. The summed E-state index contributed by atoms with van der Waals surface area (Å²) in [5.74, 6) is 0.494. The van der Waals surface area contributed by atoms with Crippen LogP contribution in [0.3, 0.4) is 0 Å². The molecule has 3 heterocycles. The smallest absolute Gasteiger partial charge is 0.268 e. The fraction of sp³-hybridized carbons (Fsp3) is 0.325. The van der Waals surface area contributed by atoms with Gasteiger partial charge in [0.1, 0.15) is 25.8 Å². The van der Waals surface area contributed by atoms with Gasteiger partial charge in [0.05, 0.1) is 35.6 Å². The molecule has 2 aromatic heterocycles. The molecule has 0 saturated carbocycles. The number of amides is 1. The van der Waals surface area contributed by atoms with Crippen LogP contribution in [0, 0.1) is 19.3 Å². The molecule has 0 N–H and O–H groups in total. The molecular formula is C40H44N6O6S. The molecule has 13 heteroatoms. The molecule has 276 valence electrons. The van der Waals surface area contributed by atoms with Gasteiger partial charge in [-0.1, -0.05) is 75.4 Å². The minimum Gasteiger partial charge on any atom is -0.486 e. The van der Waals surface area contributed by atoms with Crippen molar-refractivity contribution in [1.29, 1.82) is 0 Å². The summed E-state index contributed by atoms with van der Waals surface area (Å²) in [4.78, 5) is 34.6. The van der Waals surface area contributed by atoms with Gasteiger partial charge in [0.25, 0.3) is 15.9 Å². The summed E-state index contributed by atoms with van der Waals surface area (Å²) in [7, 11) is -2.94. The number of anilines is 1. The number of ether oxygens (including phenoxy) is 3. The standard InChI is InChI=1S/C40H44N6O6S/c1-27-12-10-13-28(2)37(27)34-19-36-44-39(43-34)46(26-50-6)53(48,49)33-17-11-16-30(18-33)38(47)45(31(25-52-36)20-40(3,4)5)23-35-41-21-32(22-42-35)51-24-29-14-8-7-9-15-29/h7-19,21-22,31H,20,23-26H2,1-6H3/t31-/m1/s1. The highest BCUT2D eigenvalue weighted by molar-refractivity contribution is 7.92. The Kier molecular flexibility index (Phi) is 11.1. The number of aryl methyl sites for hydroxylation is 2. The first kappa shape index (κ1) is 37.4. The summed E-state index contributed by atoms with van der Waals surface area (Å²) in [5.41, 5.74) is 4.17. The van der Waals surface area contributed by atoms with Crippen LogP contribution in [-0.2, 0) is 27.9 Å². The molecule has 1 amide bonds. The third-order valence-electron chi connectivity index (χ3n) is 8.78. The van der Waals surface area contributed by atoms with Crippen LogP contribution in [-0.4, -0.2) is 65.7 Å². The van der Waals surface area contributed by atoms with E-state index in [-0.39, 0.29) is 47.6 Å². The van der Waals surface area contributed by atoms with Crippen molar-refractivity contribution in [3.05, 3.63) is 119 Å². The van der Waals surface area contributed by atoms with Crippen LogP contribution >= 0.6 is 0 Å². The van der Waals surface area contributed by atoms with Crippen molar-refractivity contribution in [1.82, 2.24) is 24.8 Å². The van der Waals surface area contributed by atoms with Gasteiger partial charge in [-0.05, 0) is 60.6 Å². The van der Waals surface area contributed by atoms with Crippen molar-refractivity contribution in [3.8, 4) is 22.9 Å². The second-order valence-corrected chi connectivity index (χ2v) is 16.1. The van der Waals surface area contributed by atoms with E-state index in [0.29, 0.717) is 30.3 Å². The number of fused-ring (bicyclic) bond motifs is 4. The first-order valence-electron chi connectivity index (χ1n) is 17.3. The van der Waals surface area contributed by atoms with Gasteiger partial charge < -0.3 is 19.1 Å². The summed E-state index contributed by atoms with van der Waals surface area (Å²) in [6, 6.07) is 22.8. The first-order valence-corrected chi connectivity index (χ1v) is 18.8. The molecule has 5 aromatic rings. The van der Waals surface area contributed by atoms with Gasteiger partial charge in [-0.3, -0.25) is 4.79 Å². The van der Waals surface area contributed by atoms with E-state index in [2.05, 4.69) is 35.7 Å². The monoisotopic (exact) mass is 736 g/mol. The molecule has 1 aliphatic heterocycles. The molecule has 3 aromatic carbocycles. The molecule has 0 unspecified atom stereocenters. The molecule has 0 radical (unpaired) electrons. The molecule has 12 nitrogen and oxygen atoms in total. The van der Waals surface area contributed by atoms with Crippen molar-refractivity contribution in [3.63, 3.8) is 0 Å². The van der Waals surface area contributed by atoms with Crippen LogP contribution in [0.1, 0.15) is 60.1 Å². The topological polar surface area (TPSA) is 137 Å². The number of rotatable bonds is 9. The van der Waals surface area contributed by atoms with Crippen LogP contribution in [0.15, 0.2) is 96.2 Å². The predicted octanol–water partition coefficient (Wildman–Crippen LogP) is 6.77. The van der Waals surface area contributed by atoms with Crippen molar-refractivity contribution < 1.29 is 27.4 Å². The molecule has 0 fully saturated rings. The minimum atomic E-state index is -4.33. The lowest BCUT2D eigenvalue weighted by molar-refractivity contribution is 0.0505. The number of carbonyl (C=O) groups excluding carboxylic acids is 1. The highest BCUT2D eigenvalue weighted by Gasteiger charge is 2.34. The number of hydrogen-bond donors (Lipinski definition) is 0. The highest BCUT2D eigenvalue weighted by Crippen LogP contribution is 2.33. The molecule has 0 spiro atoms. The van der Waals surface area contributed by atoms with Crippen molar-refractivity contribution >= 4 is 21.9 Å². The quantitative estimate of drug-likeness (QED) is 0.160. The lowest BCUT2D eigenvalue weighted by Crippen LogP contribution is -2.45. The van der Waals surface area contributed by atoms with Crippen molar-refractivity contribution in [2.45, 2.75) is 65.1 Å². The van der Waals surface area contributed by atoms with E-state index in [1.165, 1.54) is 19.2 Å². The number of methoxy groups -OCH3 is 1. The Morgan fingerprint density at radius 1 is 0.906 bits per heavy atom. The molecule has 4 bridgehead atoms. The maximum atomic E-state index is 14.6. The number of sulfonamides is 1. The Hall–Kier alpha value is -5.40. The Morgan fingerprint density at radius 2 is 1.60 bits per heavy atom. The number of hydrogen-bond acceptors (Lipinski definition) is 10. The zero-order valence-electron chi connectivity index (χ0n) is 30.8. The maximum Gasteiger partial charge on any atom is 0.268 e. The number of nitrogens with zero attached hydrogens (tertiary/aromatic N) is 6. The fourth-order valence-electron chi connectivity index (χ4n) is 6.29. The van der Waals surface area contributed by atoms with E-state index >= 15 is 0 Å². The summed E-state index contributed by atoms with van der Waals surface area (Å²) in [5, 5.41) is 0. The summed E-state index contributed by atoms with van der Waals surface area (Å²) in [6.45, 7) is 10.2. The van der Waals surface area contributed by atoms with Gasteiger partial charge in [-0.2, -0.15) is 4.98 Å². The van der Waals surface area contributed by atoms with Gasteiger partial charge in [0.2, 0.25) is 11.8 Å². The summed E-state index contributed by atoms with van der Waals surface area (Å²) in [6.07, 6.45) is 3.70. The van der Waals surface area contributed by atoms with E-state index in [4.69, 9.17) is 19.2 Å². The second kappa shape index (κ2) is 15.7. The maximum absolute atomic E-state index is 14.6. The Labute approximate surface area is 310 Å². The van der Waals surface area contributed by atoms with Crippen LogP contribution in [0.5, 0.6) is 11.6 Å². The van der Waals surface area contributed by atoms with E-state index in [0.717, 1.165) is 26.6 Å². The van der Waals surface area contributed by atoms with Gasteiger partial charge in [0.15, 0.2) is 5.75 Å². The third-order valence-corrected chi connectivity index (χ3v) is 10.5. The van der Waals surface area contributed by atoms with Gasteiger partial charge in [-0.25, -0.2) is 27.7 Å². The molecule has 53 heavy (non-hydrogen) atoms. The molecule has 1 aliphatic rings. The first-order chi connectivity index (χ1) is 25.3. The lowest BCUT2D eigenvalue weighted by Gasteiger charge is -2.35. The van der Waals surface area contributed by atoms with Gasteiger partial charge in [-0.15, -0.1) is 0 Å². The second-order valence-electron chi connectivity index (χ2n) is 14.2. The molecule has 6 rings (SSSR count). The Bertz CT molecular complexity index is 2150. The zero-order chi connectivity index (χ0) is 37.8. The largest absolute Gasteiger partial charge is 0.486 e. The zero-order valence-corrected chi connectivity index (χ0v) is 31.6. The summed E-state index contributed by atoms with van der Waals surface area (Å²) < 4.78 is 47.4. The normalized spacial score (nSPS) is 15.9. The Balaban J connectivity index is 1.44. The van der Waals surface area contributed by atoms with Crippen LogP contribution in [0.25, 0.3) is 11.3 Å². The average Bonchev–Trinajstić information content (AvgIpc) is 3.13. The SMILES string of the molecule is COCN1c2nc(cc(-c3c(C)cccc3C)n2)OC[C@@H](CC(C)(C)C)N(Cc2ncc(OCc3ccccc3)cn2)C(=O)c2cccc(c2)S1(=O)=O. The van der Waals surface area contributed by atoms with Gasteiger partial charge >= 0.3 is 0 Å². The molecule has 1 atom stereocenters. The van der Waals surface area contributed by atoms with Crippen LogP contribution < -0.4 is 13.8 Å². The van der Waals surface area contributed by atoms with Crippen LogP contribution in [0.4, 0.5) is 5.95 Å². The van der Waals surface area contributed by atoms with Crippen molar-refractivity contribution in [2.75, 3.05) is 24.8 Å². The molecule has 0 saturated heterocycles. The number of carbonyl (C=O) groups is 1. The number of benzene rings is 3. The predicted molar refractivity (Wildman–Crippen MR) is 201 cm³/mol. The number of aromatic nitrogens is 4. The molecule has 0 aliphatic carbocycles.